The first-order valence-electron chi connectivity index (χ1n) is 8.35. The summed E-state index contributed by atoms with van der Waals surface area (Å²) in [5.41, 5.74) is -0.0432. The number of hydrogen-bond acceptors (Lipinski definition) is 3. The molecule has 122 valence electrons. The standard InChI is InChI=1S/C16H26O3.C2H6/c1-10-8-9-16(4)12(15(10,2)3)7-6-11(17)13(16)14(18)19-5;1-2/h10,12-13H,6-9H2,1-5H3;1-2H3. The zero-order chi connectivity index (χ0) is 16.4. The van der Waals surface area contributed by atoms with Gasteiger partial charge < -0.3 is 4.74 Å². The summed E-state index contributed by atoms with van der Waals surface area (Å²) in [5.74, 6) is 0.254. The molecule has 0 aromatic heterocycles. The lowest BCUT2D eigenvalue weighted by Gasteiger charge is -2.58. The maximum atomic E-state index is 12.2. The Morgan fingerprint density at radius 3 is 2.29 bits per heavy atom. The van der Waals surface area contributed by atoms with Crippen LogP contribution < -0.4 is 0 Å². The van der Waals surface area contributed by atoms with Gasteiger partial charge >= 0.3 is 5.97 Å². The van der Waals surface area contributed by atoms with Gasteiger partial charge in [0.1, 0.15) is 11.7 Å². The van der Waals surface area contributed by atoms with Crippen LogP contribution in [0.15, 0.2) is 0 Å². The fourth-order valence-corrected chi connectivity index (χ4v) is 4.63. The lowest BCUT2D eigenvalue weighted by Crippen LogP contribution is -2.56. The van der Waals surface area contributed by atoms with Gasteiger partial charge in [-0.15, -0.1) is 0 Å². The molecule has 2 rings (SSSR count). The summed E-state index contributed by atoms with van der Waals surface area (Å²) >= 11 is 0. The second-order valence-corrected chi connectivity index (χ2v) is 7.28. The van der Waals surface area contributed by atoms with Crippen molar-refractivity contribution in [3.63, 3.8) is 0 Å². The third-order valence-electron chi connectivity index (χ3n) is 6.18. The highest BCUT2D eigenvalue weighted by Gasteiger charge is 2.59. The van der Waals surface area contributed by atoms with Crippen LogP contribution in [0.2, 0.25) is 0 Å². The van der Waals surface area contributed by atoms with Gasteiger partial charge in [0.2, 0.25) is 0 Å². The number of ether oxygens (including phenoxy) is 1. The molecule has 4 atom stereocenters. The first kappa shape index (κ1) is 18.2. The van der Waals surface area contributed by atoms with E-state index in [0.29, 0.717) is 18.3 Å². The number of esters is 1. The summed E-state index contributed by atoms with van der Waals surface area (Å²) < 4.78 is 4.91. The van der Waals surface area contributed by atoms with E-state index in [2.05, 4.69) is 27.7 Å². The Morgan fingerprint density at radius 1 is 1.19 bits per heavy atom. The minimum absolute atomic E-state index is 0.0796. The third-order valence-corrected chi connectivity index (χ3v) is 6.18. The normalized spacial score (nSPS) is 37.9. The van der Waals surface area contributed by atoms with Gasteiger partial charge in [-0.3, -0.25) is 9.59 Å². The highest BCUT2D eigenvalue weighted by molar-refractivity contribution is 6.00. The molecular formula is C18H32O3. The van der Waals surface area contributed by atoms with Gasteiger partial charge in [-0.05, 0) is 41.9 Å². The summed E-state index contributed by atoms with van der Waals surface area (Å²) in [7, 11) is 1.39. The second-order valence-electron chi connectivity index (χ2n) is 7.28. The van der Waals surface area contributed by atoms with Crippen LogP contribution in [-0.4, -0.2) is 18.9 Å². The van der Waals surface area contributed by atoms with E-state index in [1.807, 2.05) is 13.8 Å². The highest BCUT2D eigenvalue weighted by Crippen LogP contribution is 2.60. The molecule has 0 aromatic rings. The van der Waals surface area contributed by atoms with E-state index < -0.39 is 5.92 Å². The molecule has 3 nitrogen and oxygen atoms in total. The topological polar surface area (TPSA) is 43.4 Å². The van der Waals surface area contributed by atoms with Crippen molar-refractivity contribution in [2.45, 2.75) is 67.2 Å². The van der Waals surface area contributed by atoms with Crippen molar-refractivity contribution in [2.75, 3.05) is 7.11 Å². The van der Waals surface area contributed by atoms with Crippen LogP contribution in [0.4, 0.5) is 0 Å². The predicted octanol–water partition coefficient (Wildman–Crippen LogP) is 4.24. The van der Waals surface area contributed by atoms with Gasteiger partial charge in [0.25, 0.3) is 0 Å². The Labute approximate surface area is 129 Å². The quantitative estimate of drug-likeness (QED) is 0.537. The summed E-state index contributed by atoms with van der Waals surface area (Å²) in [5, 5.41) is 0. The van der Waals surface area contributed by atoms with Gasteiger partial charge in [0, 0.05) is 6.42 Å². The monoisotopic (exact) mass is 296 g/mol. The first-order chi connectivity index (χ1) is 9.75. The molecule has 0 aliphatic heterocycles. The summed E-state index contributed by atoms with van der Waals surface area (Å²) in [6.45, 7) is 13.0. The fourth-order valence-electron chi connectivity index (χ4n) is 4.63. The number of Topliss-reactive ketones (excluding diaryl/α,β-unsaturated/α-hetero) is 1. The molecule has 0 saturated heterocycles. The van der Waals surface area contributed by atoms with Crippen LogP contribution in [-0.2, 0) is 14.3 Å². The Balaban J connectivity index is 0.00000106. The van der Waals surface area contributed by atoms with Crippen molar-refractivity contribution < 1.29 is 14.3 Å². The Morgan fingerprint density at radius 2 is 1.76 bits per heavy atom. The summed E-state index contributed by atoms with van der Waals surface area (Å²) in [4.78, 5) is 24.3. The molecular weight excluding hydrogens is 264 g/mol. The third kappa shape index (κ3) is 2.89. The minimum atomic E-state index is -0.553. The van der Waals surface area contributed by atoms with Crippen LogP contribution >= 0.6 is 0 Å². The molecule has 3 heteroatoms. The van der Waals surface area contributed by atoms with E-state index >= 15 is 0 Å². The number of ketones is 1. The van der Waals surface area contributed by atoms with Crippen molar-refractivity contribution >= 4 is 11.8 Å². The van der Waals surface area contributed by atoms with E-state index in [4.69, 9.17) is 4.74 Å². The molecule has 2 aliphatic carbocycles. The van der Waals surface area contributed by atoms with E-state index in [0.717, 1.165) is 19.3 Å². The van der Waals surface area contributed by atoms with Gasteiger partial charge in [0.05, 0.1) is 7.11 Å². The molecule has 0 heterocycles. The average molecular weight is 296 g/mol. The number of carbonyl (C=O) groups is 2. The first-order valence-corrected chi connectivity index (χ1v) is 8.35. The zero-order valence-electron chi connectivity index (χ0n) is 14.8. The number of carbonyl (C=O) groups excluding carboxylic acids is 2. The molecule has 0 amide bonds. The van der Waals surface area contributed by atoms with Crippen molar-refractivity contribution in [1.29, 1.82) is 0 Å². The van der Waals surface area contributed by atoms with Gasteiger partial charge in [-0.1, -0.05) is 41.5 Å². The molecule has 4 unspecified atom stereocenters. The van der Waals surface area contributed by atoms with Gasteiger partial charge in [-0.25, -0.2) is 0 Å². The number of methoxy groups -OCH3 is 1. The van der Waals surface area contributed by atoms with Crippen molar-refractivity contribution in [2.24, 2.45) is 28.6 Å². The SMILES string of the molecule is CC.COC(=O)C1C(=O)CCC2C(C)(C)C(C)CCC12C. The van der Waals surface area contributed by atoms with Gasteiger partial charge in [-0.2, -0.15) is 0 Å². The van der Waals surface area contributed by atoms with Crippen LogP contribution in [0.5, 0.6) is 0 Å². The largest absolute Gasteiger partial charge is 0.468 e. The van der Waals surface area contributed by atoms with Crippen LogP contribution in [0.1, 0.15) is 67.2 Å². The van der Waals surface area contributed by atoms with E-state index in [1.54, 1.807) is 0 Å². The Kier molecular flexibility index (Phi) is 5.63. The molecule has 0 aromatic carbocycles. The zero-order valence-corrected chi connectivity index (χ0v) is 14.8. The predicted molar refractivity (Wildman–Crippen MR) is 84.9 cm³/mol. The van der Waals surface area contributed by atoms with E-state index in [1.165, 1.54) is 7.11 Å². The fraction of sp³-hybridized carbons (Fsp3) is 0.889. The molecule has 21 heavy (non-hydrogen) atoms. The van der Waals surface area contributed by atoms with Crippen molar-refractivity contribution in [3.05, 3.63) is 0 Å². The van der Waals surface area contributed by atoms with Crippen LogP contribution in [0.3, 0.4) is 0 Å². The minimum Gasteiger partial charge on any atom is -0.468 e. The number of fused-ring (bicyclic) bond motifs is 1. The van der Waals surface area contributed by atoms with Crippen molar-refractivity contribution in [1.82, 2.24) is 0 Å². The van der Waals surface area contributed by atoms with Crippen molar-refractivity contribution in [3.8, 4) is 0 Å². The number of hydrogen-bond donors (Lipinski definition) is 0. The van der Waals surface area contributed by atoms with Gasteiger partial charge in [0.15, 0.2) is 0 Å². The highest BCUT2D eigenvalue weighted by atomic mass is 16.5. The molecule has 0 N–H and O–H groups in total. The Hall–Kier alpha value is -0.860. The van der Waals surface area contributed by atoms with E-state index in [-0.39, 0.29) is 22.6 Å². The molecule has 2 fully saturated rings. The summed E-state index contributed by atoms with van der Waals surface area (Å²) in [6, 6.07) is 0. The van der Waals surface area contributed by atoms with Crippen LogP contribution in [0, 0.1) is 28.6 Å². The number of rotatable bonds is 1. The maximum absolute atomic E-state index is 12.2. The molecule has 0 bridgehead atoms. The van der Waals surface area contributed by atoms with Crippen LogP contribution in [0.25, 0.3) is 0 Å². The smallest absolute Gasteiger partial charge is 0.316 e. The lowest BCUT2D eigenvalue weighted by molar-refractivity contribution is -0.170. The average Bonchev–Trinajstić information content (AvgIpc) is 2.45. The van der Waals surface area contributed by atoms with E-state index in [9.17, 15) is 9.59 Å². The lowest BCUT2D eigenvalue weighted by atomic mass is 9.46. The summed E-state index contributed by atoms with van der Waals surface area (Å²) in [6.07, 6.45) is 3.48. The Bertz CT molecular complexity index is 391. The molecule has 2 aliphatic rings. The molecule has 0 spiro atoms. The second kappa shape index (κ2) is 6.50. The maximum Gasteiger partial charge on any atom is 0.316 e. The molecule has 2 saturated carbocycles. The molecule has 0 radical (unpaired) electrons.